The van der Waals surface area contributed by atoms with Gasteiger partial charge in [0.05, 0.1) is 11.1 Å². The van der Waals surface area contributed by atoms with Gasteiger partial charge in [-0.25, -0.2) is 29.1 Å². The second-order valence-corrected chi connectivity index (χ2v) is 17.4. The highest BCUT2D eigenvalue weighted by atomic mass is 19.4. The van der Waals surface area contributed by atoms with Crippen LogP contribution in [-0.4, -0.2) is 72.9 Å². The van der Waals surface area contributed by atoms with Crippen LogP contribution < -0.4 is 0 Å². The van der Waals surface area contributed by atoms with Crippen molar-refractivity contribution in [3.8, 4) is 0 Å². The lowest BCUT2D eigenvalue weighted by molar-refractivity contribution is -0.558. The van der Waals surface area contributed by atoms with E-state index in [9.17, 15) is 35.9 Å². The number of rotatable bonds is 6. The van der Waals surface area contributed by atoms with Crippen LogP contribution in [0.3, 0.4) is 0 Å². The van der Waals surface area contributed by atoms with Crippen molar-refractivity contribution < 1.29 is 83.9 Å². The molecule has 0 aromatic heterocycles. The van der Waals surface area contributed by atoms with Gasteiger partial charge in [0.2, 0.25) is 35.7 Å². The SMILES string of the molecule is C[C@@H]1CC[C@H]2C(COC(=O)c3ccc(C(=O)OCC4=C(C(F)(F)F)O[C@@H]5OC6(C)CC[C@H]7[C@H](C)CC[C@@H]4[C@@]57OO6)cc3)=C(C(F)(F)F)O[C@@H]3OC4(C)CC[C@@H]1[C@]32OO4. The van der Waals surface area contributed by atoms with E-state index >= 15 is 0 Å². The molecule has 0 amide bonds. The number of hydrogen-bond acceptors (Lipinski definition) is 12. The maximum atomic E-state index is 14.6. The van der Waals surface area contributed by atoms with Crippen LogP contribution in [0.2, 0.25) is 0 Å². The van der Waals surface area contributed by atoms with E-state index in [2.05, 4.69) is 0 Å². The fourth-order valence-electron chi connectivity index (χ4n) is 11.0. The van der Waals surface area contributed by atoms with Crippen molar-refractivity contribution in [2.24, 2.45) is 35.5 Å². The van der Waals surface area contributed by atoms with E-state index in [1.54, 1.807) is 13.8 Å². The van der Waals surface area contributed by atoms with Crippen molar-refractivity contribution in [1.29, 1.82) is 0 Å². The van der Waals surface area contributed by atoms with E-state index in [1.165, 1.54) is 24.3 Å². The van der Waals surface area contributed by atoms with Gasteiger partial charge in [-0.3, -0.25) is 0 Å². The molecule has 1 aromatic rings. The minimum Gasteiger partial charge on any atom is -0.457 e. The van der Waals surface area contributed by atoms with Crippen LogP contribution in [0, 0.1) is 35.5 Å². The third-order valence-electron chi connectivity index (χ3n) is 13.9. The van der Waals surface area contributed by atoms with E-state index in [0.717, 1.165) is 0 Å². The molecule has 18 heteroatoms. The van der Waals surface area contributed by atoms with E-state index in [1.807, 2.05) is 13.8 Å². The van der Waals surface area contributed by atoms with E-state index < -0.39 is 96.2 Å². The molecular formula is C40H44F6O12. The van der Waals surface area contributed by atoms with Gasteiger partial charge in [-0.1, -0.05) is 13.8 Å². The molecule has 0 N–H and O–H groups in total. The predicted molar refractivity (Wildman–Crippen MR) is 181 cm³/mol. The molecule has 2 saturated carbocycles. The monoisotopic (exact) mass is 830 g/mol. The molecule has 12 nitrogen and oxygen atoms in total. The Kier molecular flexibility index (Phi) is 9.34. The lowest BCUT2D eigenvalue weighted by atomic mass is 9.59. The maximum Gasteiger partial charge on any atom is 0.449 e. The summed E-state index contributed by atoms with van der Waals surface area (Å²) in [5, 5.41) is 0. The van der Waals surface area contributed by atoms with Crippen LogP contribution in [0.5, 0.6) is 0 Å². The molecule has 4 bridgehead atoms. The van der Waals surface area contributed by atoms with Crippen LogP contribution in [0.1, 0.15) is 99.8 Å². The fourth-order valence-corrected chi connectivity index (χ4v) is 11.0. The Hall–Kier alpha value is -3.42. The summed E-state index contributed by atoms with van der Waals surface area (Å²) in [6.07, 6.45) is -9.08. The minimum atomic E-state index is -4.94. The van der Waals surface area contributed by atoms with Crippen molar-refractivity contribution in [2.75, 3.05) is 13.2 Å². The smallest absolute Gasteiger partial charge is 0.449 e. The highest BCUT2D eigenvalue weighted by Gasteiger charge is 2.72. The number of carbonyl (C=O) groups is 2. The summed E-state index contributed by atoms with van der Waals surface area (Å²) in [6.45, 7) is 5.63. The molecule has 6 saturated heterocycles. The van der Waals surface area contributed by atoms with Gasteiger partial charge in [-0.05, 0) is 88.5 Å². The van der Waals surface area contributed by atoms with Gasteiger partial charge in [-0.15, -0.1) is 0 Å². The highest BCUT2D eigenvalue weighted by molar-refractivity contribution is 5.93. The molecule has 8 heterocycles. The Morgan fingerprint density at radius 1 is 0.621 bits per heavy atom. The van der Waals surface area contributed by atoms with E-state index in [-0.39, 0.29) is 58.8 Å². The molecule has 1 aromatic carbocycles. The summed E-state index contributed by atoms with van der Waals surface area (Å²) < 4.78 is 121. The van der Waals surface area contributed by atoms with Gasteiger partial charge in [-0.2, -0.15) is 26.3 Å². The normalized spacial score (nSPS) is 41.7. The molecule has 8 aliphatic heterocycles. The summed E-state index contributed by atoms with van der Waals surface area (Å²) >= 11 is 0. The summed E-state index contributed by atoms with van der Waals surface area (Å²) in [5.74, 6) is -9.40. The summed E-state index contributed by atoms with van der Waals surface area (Å²) in [5.41, 5.74) is -3.61. The first-order valence-electron chi connectivity index (χ1n) is 19.8. The summed E-state index contributed by atoms with van der Waals surface area (Å²) in [4.78, 5) is 49.8. The topological polar surface area (TPSA) is 126 Å². The zero-order valence-electron chi connectivity index (χ0n) is 32.2. The first-order chi connectivity index (χ1) is 27.3. The first-order valence-corrected chi connectivity index (χ1v) is 19.8. The molecular weight excluding hydrogens is 786 g/mol. The molecule has 8 fully saturated rings. The van der Waals surface area contributed by atoms with Gasteiger partial charge in [0.1, 0.15) is 13.2 Å². The summed E-state index contributed by atoms with van der Waals surface area (Å²) in [6, 6.07) is 4.81. The van der Waals surface area contributed by atoms with Crippen molar-refractivity contribution in [1.82, 2.24) is 0 Å². The predicted octanol–water partition coefficient (Wildman–Crippen LogP) is 8.12. The van der Waals surface area contributed by atoms with Gasteiger partial charge in [0, 0.05) is 47.7 Å². The fraction of sp³-hybridized carbons (Fsp3) is 0.700. The van der Waals surface area contributed by atoms with Crippen molar-refractivity contribution in [2.45, 2.75) is 127 Å². The second kappa shape index (κ2) is 13.5. The van der Waals surface area contributed by atoms with Crippen molar-refractivity contribution in [3.63, 3.8) is 0 Å². The molecule has 10 aliphatic rings. The van der Waals surface area contributed by atoms with Crippen molar-refractivity contribution >= 4 is 11.9 Å². The number of esters is 2. The molecule has 2 unspecified atom stereocenters. The Morgan fingerprint density at radius 3 is 1.36 bits per heavy atom. The zero-order chi connectivity index (χ0) is 41.2. The second-order valence-electron chi connectivity index (χ2n) is 17.4. The molecule has 318 valence electrons. The zero-order valence-corrected chi connectivity index (χ0v) is 32.2. The Balaban J connectivity index is 0.913. The van der Waals surface area contributed by atoms with Gasteiger partial charge >= 0.3 is 24.3 Å². The lowest BCUT2D eigenvalue weighted by Crippen LogP contribution is -2.67. The highest BCUT2D eigenvalue weighted by Crippen LogP contribution is 2.63. The Morgan fingerprint density at radius 2 is 1.00 bits per heavy atom. The molecule has 0 radical (unpaired) electrons. The number of benzene rings is 1. The number of allylic oxidation sites excluding steroid dienone is 2. The largest absolute Gasteiger partial charge is 0.457 e. The number of alkyl halides is 6. The number of carbonyl (C=O) groups excluding carboxylic acids is 2. The number of ether oxygens (including phenoxy) is 6. The number of hydrogen-bond donors (Lipinski definition) is 0. The van der Waals surface area contributed by atoms with Crippen molar-refractivity contribution in [3.05, 3.63) is 58.1 Å². The maximum absolute atomic E-state index is 14.6. The minimum absolute atomic E-state index is 0.0600. The quantitative estimate of drug-likeness (QED) is 0.156. The Labute approximate surface area is 329 Å². The van der Waals surface area contributed by atoms with E-state index in [4.69, 9.17) is 48.0 Å². The van der Waals surface area contributed by atoms with Crippen LogP contribution in [0.25, 0.3) is 0 Å². The third-order valence-corrected chi connectivity index (χ3v) is 13.9. The Bertz CT molecular complexity index is 1780. The van der Waals surface area contributed by atoms with Crippen LogP contribution in [-0.2, 0) is 48.0 Å². The van der Waals surface area contributed by atoms with Gasteiger partial charge < -0.3 is 28.4 Å². The van der Waals surface area contributed by atoms with Crippen LogP contribution >= 0.6 is 0 Å². The van der Waals surface area contributed by atoms with Gasteiger partial charge in [0.15, 0.2) is 11.2 Å². The molecule has 2 spiro atoms. The third kappa shape index (κ3) is 6.17. The number of fused-ring (bicyclic) bond motifs is 4. The average molecular weight is 831 g/mol. The standard InChI is InChI=1S/C40H44F6O12/c1-19-5-11-27-23(29(39(41,42)43)51-33-37(27)25(19)13-15-35(3,53-33)55-57-37)17-49-31(47)21-7-9-22(10-8-21)32(48)50-18-24-28-12-6-20(2)26-14-16-36(4)54-34(38(26,28)58-56-36)52-30(24)40(44,45)46/h7-10,19-20,25-28,33-34H,5-6,11-18H2,1-4H3/t19-,20-,25+,26+,27+,28+,33-,34-,35?,36?,37-,38-/m1/s1. The average Bonchev–Trinajstić information content (AvgIpc) is 3.55. The van der Waals surface area contributed by atoms with Gasteiger partial charge in [0.25, 0.3) is 0 Å². The van der Waals surface area contributed by atoms with E-state index in [0.29, 0.717) is 38.5 Å². The first kappa shape index (κ1) is 40.0. The van der Waals surface area contributed by atoms with Crippen LogP contribution in [0.4, 0.5) is 26.3 Å². The van der Waals surface area contributed by atoms with Crippen LogP contribution in [0.15, 0.2) is 46.9 Å². The molecule has 58 heavy (non-hydrogen) atoms. The lowest BCUT2D eigenvalue weighted by Gasteiger charge is -2.57. The summed E-state index contributed by atoms with van der Waals surface area (Å²) in [7, 11) is 0. The molecule has 12 atom stereocenters. The molecule has 11 rings (SSSR count). The molecule has 2 aliphatic carbocycles. The number of halogens is 6.